The normalized spacial score (nSPS) is 17.0. The Bertz CT molecular complexity index is 882. The molecule has 3 rings (SSSR count). The number of hydrogen-bond donors (Lipinski definition) is 3. The van der Waals surface area contributed by atoms with Crippen molar-refractivity contribution < 1.29 is 13.9 Å². The molecule has 0 bridgehead atoms. The largest absolute Gasteiger partial charge is 0.444 e. The van der Waals surface area contributed by atoms with Crippen molar-refractivity contribution in [2.75, 3.05) is 25.0 Å². The van der Waals surface area contributed by atoms with E-state index in [-0.39, 0.29) is 18.0 Å². The number of ether oxygens (including phenoxy) is 1. The lowest BCUT2D eigenvalue weighted by molar-refractivity contribution is 0.0117. The van der Waals surface area contributed by atoms with Crippen molar-refractivity contribution >= 4 is 11.8 Å². The minimum absolute atomic E-state index is 0.192. The zero-order valence-corrected chi connectivity index (χ0v) is 17.9. The molecule has 1 saturated heterocycles. The van der Waals surface area contributed by atoms with Gasteiger partial charge in [-0.2, -0.15) is 0 Å². The number of nitrogens with zero attached hydrogens (tertiary/aromatic N) is 1. The first-order valence-corrected chi connectivity index (χ1v) is 10.3. The average Bonchev–Trinajstić information content (AvgIpc) is 2.71. The van der Waals surface area contributed by atoms with Gasteiger partial charge < -0.3 is 21.1 Å². The monoisotopic (exact) mass is 414 g/mol. The molecule has 6 nitrogen and oxygen atoms in total. The van der Waals surface area contributed by atoms with Crippen LogP contribution in [-0.4, -0.2) is 36.2 Å². The molecule has 1 aliphatic rings. The van der Waals surface area contributed by atoms with E-state index in [2.05, 4.69) is 10.6 Å². The van der Waals surface area contributed by atoms with Gasteiger partial charge in [-0.05, 0) is 44.0 Å². The number of nitrogens with two attached hydrogens (primary N) is 1. The Kier molecular flexibility index (Phi) is 6.95. The molecule has 4 N–H and O–H groups in total. The van der Waals surface area contributed by atoms with Gasteiger partial charge in [0.1, 0.15) is 11.4 Å². The van der Waals surface area contributed by atoms with Gasteiger partial charge in [0.05, 0.1) is 6.04 Å². The van der Waals surface area contributed by atoms with E-state index in [0.717, 1.165) is 16.8 Å². The van der Waals surface area contributed by atoms with Gasteiger partial charge >= 0.3 is 6.09 Å². The predicted molar refractivity (Wildman–Crippen MR) is 117 cm³/mol. The summed E-state index contributed by atoms with van der Waals surface area (Å²) >= 11 is 0. The van der Waals surface area contributed by atoms with Crippen molar-refractivity contribution in [1.29, 1.82) is 0 Å². The molecule has 7 heteroatoms. The number of nitrogens with one attached hydrogen (secondary N) is 2. The third-order valence-corrected chi connectivity index (χ3v) is 5.07. The van der Waals surface area contributed by atoms with Crippen LogP contribution in [0.15, 0.2) is 42.5 Å². The summed E-state index contributed by atoms with van der Waals surface area (Å²) in [5.74, 6) is -0.247. The topological polar surface area (TPSA) is 79.6 Å². The van der Waals surface area contributed by atoms with Crippen LogP contribution in [0.25, 0.3) is 0 Å². The summed E-state index contributed by atoms with van der Waals surface area (Å²) in [5.41, 5.74) is 8.85. The van der Waals surface area contributed by atoms with Gasteiger partial charge in [0.25, 0.3) is 0 Å². The van der Waals surface area contributed by atoms with Gasteiger partial charge in [0, 0.05) is 44.0 Å². The zero-order valence-electron chi connectivity index (χ0n) is 17.9. The van der Waals surface area contributed by atoms with E-state index in [0.29, 0.717) is 38.3 Å². The molecule has 0 aromatic heterocycles. The molecule has 0 spiro atoms. The minimum atomic E-state index is -0.563. The lowest BCUT2D eigenvalue weighted by Gasteiger charge is -2.38. The fraction of sp³-hybridized carbons (Fsp3) is 0.435. The molecule has 2 aromatic rings. The highest BCUT2D eigenvalue weighted by atomic mass is 19.1. The molecule has 30 heavy (non-hydrogen) atoms. The second-order valence-electron chi connectivity index (χ2n) is 8.42. The highest BCUT2D eigenvalue weighted by Gasteiger charge is 2.32. The molecular formula is C23H31FN4O2. The van der Waals surface area contributed by atoms with E-state index in [1.165, 1.54) is 6.07 Å². The van der Waals surface area contributed by atoms with E-state index in [1.54, 1.807) is 17.0 Å². The molecule has 162 valence electrons. The summed E-state index contributed by atoms with van der Waals surface area (Å²) in [5, 5.41) is 6.66. The van der Waals surface area contributed by atoms with Crippen molar-refractivity contribution in [2.45, 2.75) is 45.5 Å². The Morgan fingerprint density at radius 2 is 2.03 bits per heavy atom. The first kappa shape index (κ1) is 22.1. The van der Waals surface area contributed by atoms with Crippen LogP contribution in [0.2, 0.25) is 0 Å². The molecule has 1 aliphatic heterocycles. The number of piperazine rings is 1. The summed E-state index contributed by atoms with van der Waals surface area (Å²) in [6, 6.07) is 12.3. The number of carbonyl (C=O) groups is 1. The van der Waals surface area contributed by atoms with E-state index < -0.39 is 5.60 Å². The number of anilines is 1. The predicted octanol–water partition coefficient (Wildman–Crippen LogP) is 3.78. The Balaban J connectivity index is 1.86. The maximum atomic E-state index is 14.0. The Morgan fingerprint density at radius 1 is 1.27 bits per heavy atom. The molecule has 0 saturated carbocycles. The van der Waals surface area contributed by atoms with Crippen molar-refractivity contribution in [1.82, 2.24) is 10.2 Å². The van der Waals surface area contributed by atoms with Crippen molar-refractivity contribution in [3.05, 3.63) is 65.0 Å². The number of halogens is 1. The summed E-state index contributed by atoms with van der Waals surface area (Å²) in [4.78, 5) is 14.6. The summed E-state index contributed by atoms with van der Waals surface area (Å²) in [7, 11) is 0. The molecule has 0 radical (unpaired) electrons. The summed E-state index contributed by atoms with van der Waals surface area (Å²) in [6.45, 7) is 8.11. The Hall–Kier alpha value is -2.64. The van der Waals surface area contributed by atoms with Crippen LogP contribution in [0.4, 0.5) is 14.9 Å². The highest BCUT2D eigenvalue weighted by Crippen LogP contribution is 2.31. The van der Waals surface area contributed by atoms with Gasteiger partial charge in [-0.25, -0.2) is 9.18 Å². The van der Waals surface area contributed by atoms with Crippen molar-refractivity contribution in [2.24, 2.45) is 5.73 Å². The lowest BCUT2D eigenvalue weighted by Crippen LogP contribution is -2.50. The molecule has 0 aliphatic carbocycles. The van der Waals surface area contributed by atoms with Gasteiger partial charge in [-0.15, -0.1) is 0 Å². The van der Waals surface area contributed by atoms with E-state index in [1.807, 2.05) is 45.0 Å². The van der Waals surface area contributed by atoms with Gasteiger partial charge in [-0.3, -0.25) is 4.90 Å². The molecule has 1 amide bonds. The van der Waals surface area contributed by atoms with Crippen LogP contribution in [0.3, 0.4) is 0 Å². The minimum Gasteiger partial charge on any atom is -0.444 e. The van der Waals surface area contributed by atoms with E-state index >= 15 is 0 Å². The molecular weight excluding hydrogens is 383 g/mol. The number of amides is 1. The van der Waals surface area contributed by atoms with Crippen molar-refractivity contribution in [3.8, 4) is 0 Å². The van der Waals surface area contributed by atoms with Crippen LogP contribution in [0.1, 0.15) is 43.5 Å². The van der Waals surface area contributed by atoms with E-state index in [9.17, 15) is 9.18 Å². The van der Waals surface area contributed by atoms with Crippen LogP contribution < -0.4 is 16.4 Å². The zero-order chi connectivity index (χ0) is 21.7. The molecule has 1 fully saturated rings. The molecule has 1 atom stereocenters. The fourth-order valence-corrected chi connectivity index (χ4v) is 3.66. The second-order valence-corrected chi connectivity index (χ2v) is 8.42. The highest BCUT2D eigenvalue weighted by molar-refractivity contribution is 5.70. The lowest BCUT2D eigenvalue weighted by atomic mass is 9.96. The van der Waals surface area contributed by atoms with Gasteiger partial charge in [0.2, 0.25) is 0 Å². The van der Waals surface area contributed by atoms with Crippen LogP contribution >= 0.6 is 0 Å². The van der Waals surface area contributed by atoms with Gasteiger partial charge in [-0.1, -0.05) is 30.3 Å². The Labute approximate surface area is 177 Å². The third-order valence-electron chi connectivity index (χ3n) is 5.07. The second kappa shape index (κ2) is 9.45. The number of hydrogen-bond acceptors (Lipinski definition) is 5. The maximum absolute atomic E-state index is 14.0. The average molecular weight is 415 g/mol. The number of rotatable bonds is 5. The van der Waals surface area contributed by atoms with Crippen LogP contribution in [0, 0.1) is 5.82 Å². The standard InChI is InChI=1S/C23H31FN4O2/c1-23(2,3)30-22(29)28-12-11-26-15-21(28)17-8-6-10-20(18(17)13-25)27-14-16-7-4-5-9-19(16)24/h4-10,21,26-27H,11-15,25H2,1-3H3. The number of carbonyl (C=O) groups excluding carboxylic acids is 1. The smallest absolute Gasteiger partial charge is 0.410 e. The summed E-state index contributed by atoms with van der Waals surface area (Å²) in [6.07, 6.45) is -0.332. The SMILES string of the molecule is CC(C)(C)OC(=O)N1CCNCC1c1cccc(NCc2ccccc2F)c1CN. The van der Waals surface area contributed by atoms with Crippen LogP contribution in [0.5, 0.6) is 0 Å². The first-order valence-electron chi connectivity index (χ1n) is 10.3. The van der Waals surface area contributed by atoms with E-state index in [4.69, 9.17) is 10.5 Å². The quantitative estimate of drug-likeness (QED) is 0.694. The fourth-order valence-electron chi connectivity index (χ4n) is 3.66. The van der Waals surface area contributed by atoms with Gasteiger partial charge in [0.15, 0.2) is 0 Å². The molecule has 2 aromatic carbocycles. The number of benzene rings is 2. The summed E-state index contributed by atoms with van der Waals surface area (Å²) < 4.78 is 19.6. The first-order chi connectivity index (χ1) is 14.3. The third kappa shape index (κ3) is 5.29. The van der Waals surface area contributed by atoms with Crippen molar-refractivity contribution in [3.63, 3.8) is 0 Å². The molecule has 1 unspecified atom stereocenters. The Morgan fingerprint density at radius 3 is 2.73 bits per heavy atom. The van der Waals surface area contributed by atoms with Crippen LogP contribution in [-0.2, 0) is 17.8 Å². The molecule has 1 heterocycles. The maximum Gasteiger partial charge on any atom is 0.410 e.